The van der Waals surface area contributed by atoms with Crippen molar-refractivity contribution in [2.45, 2.75) is 13.2 Å². The van der Waals surface area contributed by atoms with Gasteiger partial charge in [-0.05, 0) is 27.1 Å². The Bertz CT molecular complexity index is 649. The average Bonchev–Trinajstić information content (AvgIpc) is 2.47. The van der Waals surface area contributed by atoms with Crippen LogP contribution in [0.1, 0.15) is 11.1 Å². The molecule has 0 aliphatic heterocycles. The summed E-state index contributed by atoms with van der Waals surface area (Å²) in [5, 5.41) is 13.8. The van der Waals surface area contributed by atoms with Gasteiger partial charge in [0.25, 0.3) is 5.69 Å². The van der Waals surface area contributed by atoms with Crippen LogP contribution in [-0.2, 0) is 17.9 Å². The van der Waals surface area contributed by atoms with Gasteiger partial charge in [-0.15, -0.1) is 0 Å². The van der Waals surface area contributed by atoms with E-state index >= 15 is 0 Å². The molecule has 21 heavy (non-hydrogen) atoms. The van der Waals surface area contributed by atoms with Crippen LogP contribution >= 0.6 is 15.9 Å². The molecule has 2 rings (SSSR count). The largest absolute Gasteiger partial charge is 0.380 e. The summed E-state index contributed by atoms with van der Waals surface area (Å²) in [5.74, 6) is 0.563. The van der Waals surface area contributed by atoms with E-state index < -0.39 is 4.92 Å². The highest BCUT2D eigenvalue weighted by atomic mass is 79.9. The van der Waals surface area contributed by atoms with Crippen molar-refractivity contribution in [2.24, 2.45) is 0 Å². The molecule has 1 aromatic heterocycles. The maximum Gasteiger partial charge on any atom is 0.288 e. The Labute approximate surface area is 130 Å². The molecule has 7 heteroatoms. The number of benzene rings is 1. The predicted octanol–water partition coefficient (Wildman–Crippen LogP) is 3.51. The molecule has 0 amide bonds. The van der Waals surface area contributed by atoms with Gasteiger partial charge in [0.15, 0.2) is 0 Å². The second kappa shape index (κ2) is 7.14. The maximum absolute atomic E-state index is 10.7. The lowest BCUT2D eigenvalue weighted by Crippen LogP contribution is -2.05. The third-order valence-corrected chi connectivity index (χ3v) is 3.51. The summed E-state index contributed by atoms with van der Waals surface area (Å²) in [5.41, 5.74) is 2.13. The van der Waals surface area contributed by atoms with Crippen molar-refractivity contribution in [3.05, 3.63) is 62.2 Å². The number of nitro groups is 1. The minimum atomic E-state index is -0.477. The Morgan fingerprint density at radius 3 is 2.71 bits per heavy atom. The van der Waals surface area contributed by atoms with Crippen LogP contribution in [0.2, 0.25) is 0 Å². The number of nitrogens with one attached hydrogen (secondary N) is 1. The van der Waals surface area contributed by atoms with Crippen molar-refractivity contribution in [1.29, 1.82) is 0 Å². The lowest BCUT2D eigenvalue weighted by atomic mass is 10.1. The zero-order valence-corrected chi connectivity index (χ0v) is 13.0. The number of ether oxygens (including phenoxy) is 1. The van der Waals surface area contributed by atoms with E-state index in [0.717, 1.165) is 11.1 Å². The van der Waals surface area contributed by atoms with E-state index in [-0.39, 0.29) is 5.69 Å². The zero-order chi connectivity index (χ0) is 15.2. The van der Waals surface area contributed by atoms with Gasteiger partial charge < -0.3 is 10.1 Å². The lowest BCUT2D eigenvalue weighted by Gasteiger charge is -2.11. The molecule has 1 aromatic carbocycles. The number of hydrogen-bond acceptors (Lipinski definition) is 5. The molecule has 0 saturated carbocycles. The highest BCUT2D eigenvalue weighted by molar-refractivity contribution is 9.10. The maximum atomic E-state index is 10.7. The number of anilines is 1. The van der Waals surface area contributed by atoms with Crippen LogP contribution in [0.25, 0.3) is 0 Å². The Balaban J connectivity index is 2.11. The standard InChI is InChI=1S/C14H14BrN3O3/c1-21-9-11-5-3-2-4-10(11)7-16-14-13(15)6-12(8-17-14)18(19)20/h2-6,8H,7,9H2,1H3,(H,16,17). The van der Waals surface area contributed by atoms with Crippen LogP contribution in [0, 0.1) is 10.1 Å². The van der Waals surface area contributed by atoms with E-state index in [9.17, 15) is 10.1 Å². The summed E-state index contributed by atoms with van der Waals surface area (Å²) < 4.78 is 5.72. The Morgan fingerprint density at radius 1 is 1.38 bits per heavy atom. The molecule has 6 nitrogen and oxygen atoms in total. The van der Waals surface area contributed by atoms with Gasteiger partial charge in [-0.3, -0.25) is 10.1 Å². The highest BCUT2D eigenvalue weighted by Gasteiger charge is 2.10. The zero-order valence-electron chi connectivity index (χ0n) is 11.4. The Morgan fingerprint density at radius 2 is 2.10 bits per heavy atom. The molecule has 0 atom stereocenters. The van der Waals surface area contributed by atoms with Gasteiger partial charge in [0.1, 0.15) is 12.0 Å². The summed E-state index contributed by atoms with van der Waals surface area (Å²) in [7, 11) is 1.65. The van der Waals surface area contributed by atoms with Crippen molar-refractivity contribution in [1.82, 2.24) is 4.98 Å². The Kier molecular flexibility index (Phi) is 5.24. The molecule has 0 unspecified atom stereocenters. The minimum absolute atomic E-state index is 0.0489. The van der Waals surface area contributed by atoms with Crippen LogP contribution in [-0.4, -0.2) is 17.0 Å². The van der Waals surface area contributed by atoms with E-state index in [1.165, 1.54) is 12.3 Å². The molecular weight excluding hydrogens is 338 g/mol. The van der Waals surface area contributed by atoms with E-state index in [1.807, 2.05) is 24.3 Å². The molecule has 1 heterocycles. The fourth-order valence-electron chi connectivity index (χ4n) is 1.86. The summed E-state index contributed by atoms with van der Waals surface area (Å²) in [4.78, 5) is 14.3. The van der Waals surface area contributed by atoms with E-state index in [2.05, 4.69) is 26.2 Å². The van der Waals surface area contributed by atoms with Crippen molar-refractivity contribution in [3.63, 3.8) is 0 Å². The van der Waals surface area contributed by atoms with Crippen molar-refractivity contribution >= 4 is 27.4 Å². The van der Waals surface area contributed by atoms with Crippen molar-refractivity contribution < 1.29 is 9.66 Å². The van der Waals surface area contributed by atoms with E-state index in [1.54, 1.807) is 7.11 Å². The second-order valence-electron chi connectivity index (χ2n) is 4.34. The van der Waals surface area contributed by atoms with E-state index in [4.69, 9.17) is 4.74 Å². The molecule has 2 aromatic rings. The summed E-state index contributed by atoms with van der Waals surface area (Å²) in [6.07, 6.45) is 1.23. The molecular formula is C14H14BrN3O3. The molecule has 0 aliphatic rings. The van der Waals surface area contributed by atoms with Gasteiger partial charge in [0, 0.05) is 19.7 Å². The summed E-state index contributed by atoms with van der Waals surface area (Å²) in [6, 6.07) is 9.34. The number of halogens is 1. The van der Waals surface area contributed by atoms with Crippen molar-refractivity contribution in [2.75, 3.05) is 12.4 Å². The first-order valence-corrected chi connectivity index (χ1v) is 7.00. The monoisotopic (exact) mass is 351 g/mol. The number of aromatic nitrogens is 1. The van der Waals surface area contributed by atoms with Crippen LogP contribution in [0.15, 0.2) is 41.0 Å². The molecule has 0 bridgehead atoms. The SMILES string of the molecule is COCc1ccccc1CNc1ncc([N+](=O)[O-])cc1Br. The number of hydrogen-bond donors (Lipinski definition) is 1. The molecule has 1 N–H and O–H groups in total. The third kappa shape index (κ3) is 3.99. The predicted molar refractivity (Wildman–Crippen MR) is 83.1 cm³/mol. The third-order valence-electron chi connectivity index (χ3n) is 2.90. The van der Waals surface area contributed by atoms with Gasteiger partial charge in [-0.25, -0.2) is 4.98 Å². The first-order chi connectivity index (χ1) is 10.1. The van der Waals surface area contributed by atoms with Gasteiger partial charge in [0.05, 0.1) is 16.0 Å². The Hall–Kier alpha value is -1.99. The summed E-state index contributed by atoms with van der Waals surface area (Å²) in [6.45, 7) is 1.09. The minimum Gasteiger partial charge on any atom is -0.380 e. The quantitative estimate of drug-likeness (QED) is 0.636. The fraction of sp³-hybridized carbons (Fsp3) is 0.214. The topological polar surface area (TPSA) is 77.3 Å². The van der Waals surface area contributed by atoms with Gasteiger partial charge in [-0.2, -0.15) is 0 Å². The highest BCUT2D eigenvalue weighted by Crippen LogP contribution is 2.25. The van der Waals surface area contributed by atoms with Gasteiger partial charge >= 0.3 is 0 Å². The molecule has 0 fully saturated rings. The fourth-order valence-corrected chi connectivity index (χ4v) is 2.34. The number of methoxy groups -OCH3 is 1. The van der Waals surface area contributed by atoms with Crippen LogP contribution in [0.4, 0.5) is 11.5 Å². The van der Waals surface area contributed by atoms with Crippen LogP contribution in [0.3, 0.4) is 0 Å². The first kappa shape index (κ1) is 15.4. The average molecular weight is 352 g/mol. The lowest BCUT2D eigenvalue weighted by molar-refractivity contribution is -0.385. The van der Waals surface area contributed by atoms with Crippen LogP contribution in [0.5, 0.6) is 0 Å². The number of rotatable bonds is 6. The number of pyridine rings is 1. The van der Waals surface area contributed by atoms with Gasteiger partial charge in [-0.1, -0.05) is 24.3 Å². The van der Waals surface area contributed by atoms with Crippen LogP contribution < -0.4 is 5.32 Å². The smallest absolute Gasteiger partial charge is 0.288 e. The molecule has 110 valence electrons. The van der Waals surface area contributed by atoms with Crippen molar-refractivity contribution in [3.8, 4) is 0 Å². The molecule has 0 spiro atoms. The first-order valence-electron chi connectivity index (χ1n) is 6.21. The van der Waals surface area contributed by atoms with Gasteiger partial charge in [0.2, 0.25) is 0 Å². The summed E-state index contributed by atoms with van der Waals surface area (Å²) >= 11 is 3.28. The molecule has 0 saturated heterocycles. The normalized spacial score (nSPS) is 10.4. The number of nitrogens with zero attached hydrogens (tertiary/aromatic N) is 2. The molecule has 0 radical (unpaired) electrons. The van der Waals surface area contributed by atoms with E-state index in [0.29, 0.717) is 23.4 Å². The second-order valence-corrected chi connectivity index (χ2v) is 5.19. The molecule has 0 aliphatic carbocycles.